The number of nitrogens with one attached hydrogen (secondary N) is 1. The van der Waals surface area contributed by atoms with Gasteiger partial charge in [-0.2, -0.15) is 0 Å². The summed E-state index contributed by atoms with van der Waals surface area (Å²) in [5.74, 6) is -1.41. The molecule has 9 heteroatoms. The second-order valence-corrected chi connectivity index (χ2v) is 8.21. The van der Waals surface area contributed by atoms with Gasteiger partial charge >= 0.3 is 0 Å². The zero-order chi connectivity index (χ0) is 19.3. The van der Waals surface area contributed by atoms with E-state index < -0.39 is 27.0 Å². The van der Waals surface area contributed by atoms with E-state index in [0.29, 0.717) is 24.9 Å². The van der Waals surface area contributed by atoms with Gasteiger partial charge in [0, 0.05) is 26.2 Å². The molecule has 1 rings (SSSR count). The number of carbonyl (C=O) groups excluding carboxylic acids is 2. The van der Waals surface area contributed by atoms with Crippen molar-refractivity contribution < 1.29 is 18.0 Å². The fourth-order valence-electron chi connectivity index (χ4n) is 2.27. The Morgan fingerprint density at radius 2 is 1.62 bits per heavy atom. The van der Waals surface area contributed by atoms with Crippen LogP contribution >= 0.6 is 12.4 Å². The average Bonchev–Trinajstić information content (AvgIpc) is 2.59. The van der Waals surface area contributed by atoms with Crippen molar-refractivity contribution in [2.24, 2.45) is 5.73 Å². The van der Waals surface area contributed by atoms with Crippen molar-refractivity contribution in [3.63, 3.8) is 0 Å². The summed E-state index contributed by atoms with van der Waals surface area (Å²) in [5.41, 5.74) is 5.65. The smallest absolute Gasteiger partial charge is 0.251 e. The van der Waals surface area contributed by atoms with Gasteiger partial charge in [0.1, 0.15) is 5.75 Å². The molecule has 0 saturated carbocycles. The molecular formula is C17H28ClN3O4S. The van der Waals surface area contributed by atoms with Crippen molar-refractivity contribution in [2.45, 2.75) is 37.1 Å². The SMILES string of the molecule is CCC(CC)(CN)NC(=O)c1ccc(S(=O)(=O)CC(=O)N(C)C)cc1.Cl. The van der Waals surface area contributed by atoms with Crippen LogP contribution in [0.3, 0.4) is 0 Å². The standard InChI is InChI=1S/C17H27N3O4S.ClH/c1-5-17(6-2,12-18)19-16(22)13-7-9-14(10-8-13)25(23,24)11-15(21)20(3)4;/h7-10H,5-6,11-12,18H2,1-4H3,(H,19,22);1H. The van der Waals surface area contributed by atoms with E-state index in [9.17, 15) is 18.0 Å². The van der Waals surface area contributed by atoms with Gasteiger partial charge in [0.05, 0.1) is 10.4 Å². The molecule has 7 nitrogen and oxygen atoms in total. The maximum atomic E-state index is 12.4. The summed E-state index contributed by atoms with van der Waals surface area (Å²) in [4.78, 5) is 25.3. The van der Waals surface area contributed by atoms with E-state index in [1.54, 1.807) is 0 Å². The number of carbonyl (C=O) groups is 2. The average molecular weight is 406 g/mol. The number of benzene rings is 1. The second-order valence-electron chi connectivity index (χ2n) is 6.22. The molecule has 0 unspecified atom stereocenters. The Kier molecular flexibility index (Phi) is 9.27. The molecule has 0 heterocycles. The topological polar surface area (TPSA) is 110 Å². The molecule has 3 N–H and O–H groups in total. The summed E-state index contributed by atoms with van der Waals surface area (Å²) >= 11 is 0. The number of rotatable bonds is 8. The van der Waals surface area contributed by atoms with Crippen molar-refractivity contribution >= 4 is 34.1 Å². The molecule has 0 aliphatic rings. The first-order valence-corrected chi connectivity index (χ1v) is 9.81. The highest BCUT2D eigenvalue weighted by Gasteiger charge is 2.27. The molecule has 0 radical (unpaired) electrons. The Balaban J connectivity index is 0.00000625. The van der Waals surface area contributed by atoms with Crippen LogP contribution in [0, 0.1) is 0 Å². The molecule has 0 spiro atoms. The lowest BCUT2D eigenvalue weighted by atomic mass is 9.92. The minimum Gasteiger partial charge on any atom is -0.348 e. The lowest BCUT2D eigenvalue weighted by molar-refractivity contribution is -0.125. The second kappa shape index (κ2) is 9.89. The van der Waals surface area contributed by atoms with Crippen LogP contribution in [0.4, 0.5) is 0 Å². The van der Waals surface area contributed by atoms with E-state index in [1.807, 2.05) is 13.8 Å². The molecule has 0 aliphatic carbocycles. The van der Waals surface area contributed by atoms with E-state index in [-0.39, 0.29) is 23.2 Å². The van der Waals surface area contributed by atoms with Gasteiger partial charge in [-0.1, -0.05) is 13.8 Å². The predicted molar refractivity (Wildman–Crippen MR) is 104 cm³/mol. The first-order valence-electron chi connectivity index (χ1n) is 8.16. The zero-order valence-corrected chi connectivity index (χ0v) is 17.2. The monoisotopic (exact) mass is 405 g/mol. The van der Waals surface area contributed by atoms with Gasteiger partial charge < -0.3 is 16.0 Å². The van der Waals surface area contributed by atoms with Gasteiger partial charge in [0.15, 0.2) is 9.84 Å². The van der Waals surface area contributed by atoms with Crippen LogP contribution in [-0.4, -0.2) is 57.1 Å². The Labute approximate surface area is 161 Å². The summed E-state index contributed by atoms with van der Waals surface area (Å²) in [6.07, 6.45) is 1.40. The highest BCUT2D eigenvalue weighted by molar-refractivity contribution is 7.92. The van der Waals surface area contributed by atoms with Crippen molar-refractivity contribution in [1.82, 2.24) is 10.2 Å². The van der Waals surface area contributed by atoms with Crippen LogP contribution in [-0.2, 0) is 14.6 Å². The van der Waals surface area contributed by atoms with Gasteiger partial charge in [0.25, 0.3) is 5.91 Å². The van der Waals surface area contributed by atoms with E-state index in [2.05, 4.69) is 5.32 Å². The van der Waals surface area contributed by atoms with E-state index in [0.717, 1.165) is 0 Å². The maximum absolute atomic E-state index is 12.4. The first-order chi connectivity index (χ1) is 11.6. The third kappa shape index (κ3) is 5.96. The van der Waals surface area contributed by atoms with E-state index >= 15 is 0 Å². The molecule has 0 bridgehead atoms. The lowest BCUT2D eigenvalue weighted by Crippen LogP contribution is -2.52. The fourth-order valence-corrected chi connectivity index (χ4v) is 3.57. The third-order valence-corrected chi connectivity index (χ3v) is 6.03. The molecule has 0 atom stereocenters. The predicted octanol–water partition coefficient (Wildman–Crippen LogP) is 1.22. The minimum absolute atomic E-state index is 0. The normalized spacial score (nSPS) is 11.4. The quantitative estimate of drug-likeness (QED) is 0.675. The van der Waals surface area contributed by atoms with E-state index in [4.69, 9.17) is 5.73 Å². The van der Waals surface area contributed by atoms with Crippen LogP contribution in [0.1, 0.15) is 37.0 Å². The van der Waals surface area contributed by atoms with Gasteiger partial charge in [-0.05, 0) is 37.1 Å². The first kappa shape index (κ1) is 24.4. The largest absolute Gasteiger partial charge is 0.348 e. The van der Waals surface area contributed by atoms with Crippen molar-refractivity contribution in [2.75, 3.05) is 26.4 Å². The summed E-state index contributed by atoms with van der Waals surface area (Å²) in [6, 6.07) is 5.56. The van der Waals surface area contributed by atoms with Crippen LogP contribution in [0.2, 0.25) is 0 Å². The molecule has 0 aromatic heterocycles. The zero-order valence-electron chi connectivity index (χ0n) is 15.6. The Morgan fingerprint density at radius 1 is 1.12 bits per heavy atom. The number of halogens is 1. The molecule has 2 amide bonds. The maximum Gasteiger partial charge on any atom is 0.251 e. The van der Waals surface area contributed by atoms with Crippen LogP contribution in [0.5, 0.6) is 0 Å². The van der Waals surface area contributed by atoms with Gasteiger partial charge in [-0.25, -0.2) is 8.42 Å². The minimum atomic E-state index is -3.74. The lowest BCUT2D eigenvalue weighted by Gasteiger charge is -2.31. The van der Waals surface area contributed by atoms with Gasteiger partial charge in [-0.3, -0.25) is 9.59 Å². The molecule has 148 valence electrons. The summed E-state index contributed by atoms with van der Waals surface area (Å²) < 4.78 is 24.5. The van der Waals surface area contributed by atoms with Crippen molar-refractivity contribution in [1.29, 1.82) is 0 Å². The fraction of sp³-hybridized carbons (Fsp3) is 0.529. The molecule has 0 fully saturated rings. The number of nitrogens with two attached hydrogens (primary N) is 1. The van der Waals surface area contributed by atoms with Crippen molar-refractivity contribution in [3.8, 4) is 0 Å². The van der Waals surface area contributed by atoms with Gasteiger partial charge in [0.2, 0.25) is 5.91 Å². The Morgan fingerprint density at radius 3 is 2.00 bits per heavy atom. The number of hydrogen-bond acceptors (Lipinski definition) is 5. The molecule has 0 aliphatic heterocycles. The molecule has 1 aromatic rings. The van der Waals surface area contributed by atoms with Crippen LogP contribution < -0.4 is 11.1 Å². The van der Waals surface area contributed by atoms with Crippen molar-refractivity contribution in [3.05, 3.63) is 29.8 Å². The highest BCUT2D eigenvalue weighted by Crippen LogP contribution is 2.17. The summed E-state index contributed by atoms with van der Waals surface area (Å²) in [6.45, 7) is 4.23. The Bertz CT molecular complexity index is 706. The van der Waals surface area contributed by atoms with Gasteiger partial charge in [-0.15, -0.1) is 12.4 Å². The number of sulfone groups is 1. The molecule has 0 saturated heterocycles. The Hall–Kier alpha value is -1.64. The van der Waals surface area contributed by atoms with Crippen LogP contribution in [0.15, 0.2) is 29.2 Å². The third-order valence-electron chi connectivity index (χ3n) is 4.41. The van der Waals surface area contributed by atoms with Crippen LogP contribution in [0.25, 0.3) is 0 Å². The number of amides is 2. The number of hydrogen-bond donors (Lipinski definition) is 2. The van der Waals surface area contributed by atoms with E-state index in [1.165, 1.54) is 43.3 Å². The number of nitrogens with zero attached hydrogens (tertiary/aromatic N) is 1. The molecule has 26 heavy (non-hydrogen) atoms. The summed E-state index contributed by atoms with van der Waals surface area (Å²) in [5, 5.41) is 2.93. The molecular weight excluding hydrogens is 378 g/mol. The highest BCUT2D eigenvalue weighted by atomic mass is 35.5. The summed E-state index contributed by atoms with van der Waals surface area (Å²) in [7, 11) is -0.746. The molecule has 1 aromatic carbocycles.